The van der Waals surface area contributed by atoms with E-state index in [4.69, 9.17) is 35.0 Å². The van der Waals surface area contributed by atoms with Crippen LogP contribution in [0.5, 0.6) is 6.01 Å². The molecule has 4 rings (SSSR count). The van der Waals surface area contributed by atoms with Crippen molar-refractivity contribution < 1.29 is 23.4 Å². The summed E-state index contributed by atoms with van der Waals surface area (Å²) in [5.74, 6) is 0. The number of halogens is 2. The summed E-state index contributed by atoms with van der Waals surface area (Å²) >= 11 is 8.51. The fraction of sp³-hybridized carbons (Fsp3) is 0.750. The minimum atomic E-state index is -1.95. The fourth-order valence-electron chi connectivity index (χ4n) is 4.05. The summed E-state index contributed by atoms with van der Waals surface area (Å²) in [6.07, 6.45) is -0.744. The van der Waals surface area contributed by atoms with Gasteiger partial charge >= 0.3 is 6.01 Å². The van der Waals surface area contributed by atoms with Gasteiger partial charge in [-0.2, -0.15) is 4.98 Å². The molecule has 0 aliphatic carbocycles. The predicted molar refractivity (Wildman–Crippen MR) is 155 cm³/mol. The van der Waals surface area contributed by atoms with Gasteiger partial charge in [-0.25, -0.2) is 4.98 Å². The summed E-state index contributed by atoms with van der Waals surface area (Å²) in [7, 11) is -3.15. The molecule has 0 aromatic carbocycles. The molecule has 0 amide bonds. The van der Waals surface area contributed by atoms with Crippen molar-refractivity contribution in [2.75, 3.05) is 19.8 Å². The third-order valence-corrected chi connectivity index (χ3v) is 14.9. The monoisotopic (exact) mass is 667 g/mol. The number of fused-ring (bicyclic) bond motifs is 2. The zero-order valence-corrected chi connectivity index (χ0v) is 27.5. The van der Waals surface area contributed by atoms with Crippen LogP contribution in [0.3, 0.4) is 0 Å². The van der Waals surface area contributed by atoms with E-state index in [1.807, 2.05) is 10.6 Å². The highest BCUT2D eigenvalue weighted by Crippen LogP contribution is 2.40. The fourth-order valence-corrected chi connectivity index (χ4v) is 6.65. The molecule has 2 aromatic heterocycles. The van der Waals surface area contributed by atoms with Crippen LogP contribution in [0, 0.1) is 3.70 Å². The average Bonchev–Trinajstić information content (AvgIpc) is 3.40. The first-order chi connectivity index (χ1) is 16.7. The number of nitrogens with zero attached hydrogens (tertiary/aromatic N) is 3. The van der Waals surface area contributed by atoms with Gasteiger partial charge in [0.15, 0.2) is 20.1 Å². The van der Waals surface area contributed by atoms with E-state index < -0.39 is 16.4 Å². The maximum absolute atomic E-state index is 6.64. The number of ether oxygens (including phenoxy) is 4. The maximum atomic E-state index is 6.64. The normalized spacial score (nSPS) is 25.1. The molecule has 36 heavy (non-hydrogen) atoms. The molecule has 8 nitrogen and oxygen atoms in total. The number of hydrogen-bond acceptors (Lipinski definition) is 7. The summed E-state index contributed by atoms with van der Waals surface area (Å²) < 4.78 is 34.1. The van der Waals surface area contributed by atoms with E-state index in [-0.39, 0.29) is 29.5 Å². The lowest BCUT2D eigenvalue weighted by atomic mass is 10.1. The Balaban J connectivity index is 1.51. The summed E-state index contributed by atoms with van der Waals surface area (Å²) in [6.45, 7) is 20.2. The second kappa shape index (κ2) is 10.7. The Labute approximate surface area is 235 Å². The average molecular weight is 668 g/mol. The minimum Gasteiger partial charge on any atom is -0.456 e. The Kier molecular flexibility index (Phi) is 8.54. The van der Waals surface area contributed by atoms with Gasteiger partial charge in [-0.05, 0) is 52.8 Å². The lowest BCUT2D eigenvalue weighted by molar-refractivity contribution is 0.00691. The third kappa shape index (κ3) is 6.29. The number of pyridine rings is 1. The standard InChI is InChI=1S/C24H39ClIN3O5Si2/c1-24(2,3)36(7,8)34-18-13-32-19-17(12-31-20(18)19)33-23-28-22-16(11-15(25)21(26)27-22)29(23)14-30-9-10-35(4,5)6/h11,17-20H,9-10,12-14H2,1-8H3/t17-,18-,19-,20-/m1/s1. The van der Waals surface area contributed by atoms with E-state index in [2.05, 4.69) is 86.1 Å². The molecular formula is C24H39ClIN3O5Si2. The second-order valence-corrected chi connectivity index (χ2v) is 24.2. The largest absolute Gasteiger partial charge is 0.456 e. The zero-order valence-electron chi connectivity index (χ0n) is 22.6. The van der Waals surface area contributed by atoms with Gasteiger partial charge in [-0.15, -0.1) is 0 Å². The molecule has 0 spiro atoms. The van der Waals surface area contributed by atoms with Crippen LogP contribution in [0.25, 0.3) is 11.2 Å². The molecule has 2 aromatic rings. The van der Waals surface area contributed by atoms with Crippen molar-refractivity contribution >= 4 is 61.7 Å². The molecule has 4 atom stereocenters. The first-order valence-corrected chi connectivity index (χ1v) is 20.6. The highest BCUT2D eigenvalue weighted by Gasteiger charge is 2.52. The van der Waals surface area contributed by atoms with E-state index in [0.29, 0.717) is 46.9 Å². The van der Waals surface area contributed by atoms with Gasteiger partial charge in [0.05, 0.1) is 29.9 Å². The summed E-state index contributed by atoms with van der Waals surface area (Å²) in [4.78, 5) is 9.25. The van der Waals surface area contributed by atoms with Gasteiger partial charge in [-0.3, -0.25) is 4.57 Å². The lowest BCUT2D eigenvalue weighted by Gasteiger charge is -2.39. The smallest absolute Gasteiger partial charge is 0.301 e. The molecule has 0 radical (unpaired) electrons. The Hall–Kier alpha value is -0.286. The van der Waals surface area contributed by atoms with E-state index >= 15 is 0 Å². The van der Waals surface area contributed by atoms with E-state index in [0.717, 1.165) is 11.6 Å². The van der Waals surface area contributed by atoms with Crippen molar-refractivity contribution in [3.05, 3.63) is 14.8 Å². The maximum Gasteiger partial charge on any atom is 0.301 e. The zero-order chi connectivity index (χ0) is 26.5. The number of hydrogen-bond donors (Lipinski definition) is 0. The minimum absolute atomic E-state index is 0.0877. The summed E-state index contributed by atoms with van der Waals surface area (Å²) in [6, 6.07) is 3.39. The van der Waals surface area contributed by atoms with Crippen molar-refractivity contribution in [3.8, 4) is 6.01 Å². The van der Waals surface area contributed by atoms with Crippen LogP contribution in [0.4, 0.5) is 0 Å². The van der Waals surface area contributed by atoms with Crippen molar-refractivity contribution in [1.82, 2.24) is 14.5 Å². The Morgan fingerprint density at radius 2 is 1.72 bits per heavy atom. The van der Waals surface area contributed by atoms with Gasteiger partial charge in [0.2, 0.25) is 0 Å². The van der Waals surface area contributed by atoms with E-state index in [9.17, 15) is 0 Å². The molecule has 4 heterocycles. The molecule has 2 aliphatic rings. The predicted octanol–water partition coefficient (Wildman–Crippen LogP) is 5.94. The number of rotatable bonds is 9. The summed E-state index contributed by atoms with van der Waals surface area (Å²) in [5.41, 5.74) is 1.36. The van der Waals surface area contributed by atoms with Gasteiger partial charge in [-0.1, -0.05) is 52.0 Å². The van der Waals surface area contributed by atoms with E-state index in [1.165, 1.54) is 0 Å². The van der Waals surface area contributed by atoms with Crippen LogP contribution in [-0.4, -0.2) is 75.2 Å². The van der Waals surface area contributed by atoms with Crippen molar-refractivity contribution in [3.63, 3.8) is 0 Å². The third-order valence-electron chi connectivity index (χ3n) is 7.31. The number of imidazole rings is 1. The van der Waals surface area contributed by atoms with Gasteiger partial charge in [0, 0.05) is 14.7 Å². The number of aromatic nitrogens is 3. The first-order valence-electron chi connectivity index (χ1n) is 12.5. The van der Waals surface area contributed by atoms with Crippen molar-refractivity contribution in [1.29, 1.82) is 0 Å². The van der Waals surface area contributed by atoms with Gasteiger partial charge < -0.3 is 23.4 Å². The molecule has 202 valence electrons. The van der Waals surface area contributed by atoms with Crippen molar-refractivity contribution in [2.24, 2.45) is 0 Å². The molecule has 0 bridgehead atoms. The molecule has 0 saturated carbocycles. The quantitative estimate of drug-likeness (QED) is 0.142. The molecular weight excluding hydrogens is 629 g/mol. The van der Waals surface area contributed by atoms with Crippen LogP contribution >= 0.6 is 34.2 Å². The Bertz CT molecular complexity index is 1090. The Morgan fingerprint density at radius 1 is 1.08 bits per heavy atom. The molecule has 12 heteroatoms. The van der Waals surface area contributed by atoms with Gasteiger partial charge in [0.1, 0.15) is 22.6 Å². The summed E-state index contributed by atoms with van der Waals surface area (Å²) in [5, 5.41) is 0.693. The van der Waals surface area contributed by atoms with E-state index in [1.54, 1.807) is 0 Å². The molecule has 2 saturated heterocycles. The first kappa shape index (κ1) is 28.7. The Morgan fingerprint density at radius 3 is 2.36 bits per heavy atom. The molecule has 0 unspecified atom stereocenters. The molecule has 2 fully saturated rings. The van der Waals surface area contributed by atoms with Crippen LogP contribution < -0.4 is 4.74 Å². The van der Waals surface area contributed by atoms with Crippen LogP contribution in [-0.2, 0) is 25.4 Å². The van der Waals surface area contributed by atoms with Crippen LogP contribution in [0.15, 0.2) is 6.07 Å². The SMILES string of the molecule is CC(C)(C)[Si](C)(C)O[C@@H]1CO[C@H]2[C@@H]1OC[C@H]2Oc1nc2nc(I)c(Cl)cc2n1COCC[Si](C)(C)C. The highest BCUT2D eigenvalue weighted by atomic mass is 127. The second-order valence-electron chi connectivity index (χ2n) is 12.4. The topological polar surface area (TPSA) is 76.9 Å². The van der Waals surface area contributed by atoms with Crippen molar-refractivity contribution in [2.45, 2.75) is 95.7 Å². The lowest BCUT2D eigenvalue weighted by Crippen LogP contribution is -2.47. The molecule has 0 N–H and O–H groups in total. The van der Waals surface area contributed by atoms with Gasteiger partial charge in [0.25, 0.3) is 0 Å². The highest BCUT2D eigenvalue weighted by molar-refractivity contribution is 14.1. The van der Waals surface area contributed by atoms with Crippen LogP contribution in [0.1, 0.15) is 20.8 Å². The van der Waals surface area contributed by atoms with Crippen LogP contribution in [0.2, 0.25) is 48.8 Å². The molecule has 2 aliphatic heterocycles.